The number of benzene rings is 2. The number of aryl methyl sites for hydroxylation is 2. The summed E-state index contributed by atoms with van der Waals surface area (Å²) in [7, 11) is 5.90. The summed E-state index contributed by atoms with van der Waals surface area (Å²) in [5.74, 6) is -0.469. The first kappa shape index (κ1) is 18.4. The van der Waals surface area contributed by atoms with Gasteiger partial charge in [0.1, 0.15) is 11.5 Å². The van der Waals surface area contributed by atoms with Crippen LogP contribution in [0.4, 0.5) is 4.39 Å². The number of fused-ring (bicyclic) bond motifs is 4. The molecule has 144 valence electrons. The maximum absolute atomic E-state index is 13.9. The van der Waals surface area contributed by atoms with Crippen LogP contribution < -0.4 is 5.32 Å². The number of aromatic nitrogens is 2. The smallest absolute Gasteiger partial charge is 0.270 e. The summed E-state index contributed by atoms with van der Waals surface area (Å²) in [4.78, 5) is 19.1. The molecule has 0 saturated carbocycles. The standard InChI is InChI=1S/C22H23FN4O/c1-13-15-7-8-24-20(22(28)25-9-10-26(2)3)17(15)12-18-16-11-14(23)5-6-19(16)27(4)21(13)18/h5-8,11-12H,9-10H2,1-4H3,(H,25,28). The Morgan fingerprint density at radius 1 is 1.14 bits per heavy atom. The van der Waals surface area contributed by atoms with Crippen molar-refractivity contribution in [2.45, 2.75) is 6.92 Å². The Kier molecular flexibility index (Phi) is 4.51. The van der Waals surface area contributed by atoms with Crippen LogP contribution in [0, 0.1) is 12.7 Å². The molecule has 28 heavy (non-hydrogen) atoms. The molecule has 0 saturated heterocycles. The van der Waals surface area contributed by atoms with Crippen molar-refractivity contribution in [3.63, 3.8) is 0 Å². The summed E-state index contributed by atoms with van der Waals surface area (Å²) in [6.07, 6.45) is 1.67. The Bertz CT molecular complexity index is 1230. The normalized spacial score (nSPS) is 11.8. The van der Waals surface area contributed by atoms with Gasteiger partial charge in [-0.15, -0.1) is 0 Å². The van der Waals surface area contributed by atoms with Gasteiger partial charge in [0, 0.05) is 48.0 Å². The third kappa shape index (κ3) is 2.90. The van der Waals surface area contributed by atoms with Gasteiger partial charge in [0.05, 0.1) is 5.52 Å². The molecular formula is C22H23FN4O. The lowest BCUT2D eigenvalue weighted by Crippen LogP contribution is -2.31. The zero-order valence-electron chi connectivity index (χ0n) is 16.5. The van der Waals surface area contributed by atoms with Gasteiger partial charge >= 0.3 is 0 Å². The number of pyridine rings is 1. The van der Waals surface area contributed by atoms with E-state index in [1.54, 1.807) is 18.3 Å². The SMILES string of the molecule is Cc1c2ccnc(C(=O)NCCN(C)C)c2cc2c3cc(F)ccc3n(C)c12. The molecule has 0 fully saturated rings. The predicted octanol–water partition coefficient (Wildman–Crippen LogP) is 3.62. The maximum atomic E-state index is 13.9. The quantitative estimate of drug-likeness (QED) is 0.590. The molecule has 1 N–H and O–H groups in total. The van der Waals surface area contributed by atoms with E-state index >= 15 is 0 Å². The molecule has 2 aromatic heterocycles. The zero-order chi connectivity index (χ0) is 20.0. The van der Waals surface area contributed by atoms with Crippen LogP contribution in [0.2, 0.25) is 0 Å². The average Bonchev–Trinajstić information content (AvgIpc) is 2.93. The number of hydrogen-bond donors (Lipinski definition) is 1. The van der Waals surface area contributed by atoms with Crippen molar-refractivity contribution in [1.29, 1.82) is 0 Å². The number of halogens is 1. The number of rotatable bonds is 4. The summed E-state index contributed by atoms with van der Waals surface area (Å²) in [6, 6.07) is 8.71. The first-order valence-electron chi connectivity index (χ1n) is 9.27. The van der Waals surface area contributed by atoms with Crippen molar-refractivity contribution < 1.29 is 9.18 Å². The van der Waals surface area contributed by atoms with E-state index < -0.39 is 0 Å². The highest BCUT2D eigenvalue weighted by Crippen LogP contribution is 2.35. The minimum atomic E-state index is -0.273. The lowest BCUT2D eigenvalue weighted by Gasteiger charge is -2.12. The van der Waals surface area contributed by atoms with Crippen LogP contribution in [0.3, 0.4) is 0 Å². The number of nitrogens with one attached hydrogen (secondary N) is 1. The molecule has 2 aromatic carbocycles. The molecule has 6 heteroatoms. The summed E-state index contributed by atoms with van der Waals surface area (Å²) in [6.45, 7) is 3.33. The summed E-state index contributed by atoms with van der Waals surface area (Å²) >= 11 is 0. The van der Waals surface area contributed by atoms with E-state index in [1.165, 1.54) is 6.07 Å². The van der Waals surface area contributed by atoms with Gasteiger partial charge in [-0.05, 0) is 62.3 Å². The van der Waals surface area contributed by atoms with Crippen LogP contribution in [0.25, 0.3) is 32.6 Å². The number of hydrogen-bond acceptors (Lipinski definition) is 3. The van der Waals surface area contributed by atoms with E-state index in [1.807, 2.05) is 45.1 Å². The summed E-state index contributed by atoms with van der Waals surface area (Å²) < 4.78 is 16.0. The average molecular weight is 378 g/mol. The van der Waals surface area contributed by atoms with Crippen molar-refractivity contribution in [2.24, 2.45) is 7.05 Å². The number of likely N-dealkylation sites (N-methyl/N-ethyl adjacent to an activating group) is 1. The fourth-order valence-corrected chi connectivity index (χ4v) is 3.92. The maximum Gasteiger partial charge on any atom is 0.270 e. The predicted molar refractivity (Wildman–Crippen MR) is 111 cm³/mol. The first-order chi connectivity index (χ1) is 13.4. The van der Waals surface area contributed by atoms with Crippen LogP contribution >= 0.6 is 0 Å². The largest absolute Gasteiger partial charge is 0.349 e. The molecule has 0 spiro atoms. The van der Waals surface area contributed by atoms with Crippen LogP contribution in [0.15, 0.2) is 36.5 Å². The molecule has 1 amide bonds. The second-order valence-electron chi connectivity index (χ2n) is 7.43. The van der Waals surface area contributed by atoms with Crippen molar-refractivity contribution in [1.82, 2.24) is 19.8 Å². The van der Waals surface area contributed by atoms with Crippen LogP contribution in [0.5, 0.6) is 0 Å². The monoisotopic (exact) mass is 378 g/mol. The minimum absolute atomic E-state index is 0.197. The Balaban J connectivity index is 1.94. The first-order valence-corrected chi connectivity index (χ1v) is 9.27. The van der Waals surface area contributed by atoms with Crippen molar-refractivity contribution in [2.75, 3.05) is 27.2 Å². The fraction of sp³-hybridized carbons (Fsp3) is 0.273. The fourth-order valence-electron chi connectivity index (χ4n) is 3.92. The lowest BCUT2D eigenvalue weighted by molar-refractivity contribution is 0.0948. The molecule has 4 aromatic rings. The van der Waals surface area contributed by atoms with Gasteiger partial charge in [-0.3, -0.25) is 9.78 Å². The van der Waals surface area contributed by atoms with Crippen molar-refractivity contribution in [3.05, 3.63) is 53.6 Å². The van der Waals surface area contributed by atoms with Gasteiger partial charge in [0.2, 0.25) is 0 Å². The number of amides is 1. The molecule has 5 nitrogen and oxygen atoms in total. The Morgan fingerprint density at radius 2 is 1.93 bits per heavy atom. The molecule has 0 aliphatic rings. The van der Waals surface area contributed by atoms with Gasteiger partial charge in [0.25, 0.3) is 5.91 Å². The number of carbonyl (C=O) groups is 1. The highest BCUT2D eigenvalue weighted by atomic mass is 19.1. The molecule has 0 unspecified atom stereocenters. The summed E-state index contributed by atoms with van der Waals surface area (Å²) in [5.41, 5.74) is 3.45. The molecular weight excluding hydrogens is 355 g/mol. The van der Waals surface area contributed by atoms with Crippen LogP contribution in [0.1, 0.15) is 16.1 Å². The second kappa shape index (κ2) is 6.87. The van der Waals surface area contributed by atoms with E-state index in [4.69, 9.17) is 0 Å². The number of nitrogens with zero attached hydrogens (tertiary/aromatic N) is 3. The minimum Gasteiger partial charge on any atom is -0.349 e. The van der Waals surface area contributed by atoms with E-state index in [2.05, 4.69) is 14.9 Å². The van der Waals surface area contributed by atoms with Gasteiger partial charge in [-0.25, -0.2) is 4.39 Å². The third-order valence-electron chi connectivity index (χ3n) is 5.30. The summed E-state index contributed by atoms with van der Waals surface area (Å²) in [5, 5.41) is 6.46. The Morgan fingerprint density at radius 3 is 2.68 bits per heavy atom. The van der Waals surface area contributed by atoms with E-state index in [-0.39, 0.29) is 11.7 Å². The zero-order valence-corrected chi connectivity index (χ0v) is 16.5. The topological polar surface area (TPSA) is 50.2 Å². The van der Waals surface area contributed by atoms with Gasteiger partial charge < -0.3 is 14.8 Å². The Hall–Kier alpha value is -2.99. The molecule has 0 atom stereocenters. The van der Waals surface area contributed by atoms with Gasteiger partial charge in [-0.2, -0.15) is 0 Å². The molecule has 4 rings (SSSR count). The highest BCUT2D eigenvalue weighted by molar-refractivity contribution is 6.17. The highest BCUT2D eigenvalue weighted by Gasteiger charge is 2.18. The second-order valence-corrected chi connectivity index (χ2v) is 7.43. The number of carbonyl (C=O) groups excluding carboxylic acids is 1. The molecule has 2 heterocycles. The molecule has 0 aliphatic carbocycles. The lowest BCUT2D eigenvalue weighted by atomic mass is 10.00. The van der Waals surface area contributed by atoms with Crippen molar-refractivity contribution >= 4 is 38.5 Å². The van der Waals surface area contributed by atoms with E-state index in [0.717, 1.165) is 44.7 Å². The van der Waals surface area contributed by atoms with Crippen LogP contribution in [-0.4, -0.2) is 47.5 Å². The molecule has 0 radical (unpaired) electrons. The third-order valence-corrected chi connectivity index (χ3v) is 5.30. The van der Waals surface area contributed by atoms with Gasteiger partial charge in [-0.1, -0.05) is 0 Å². The van der Waals surface area contributed by atoms with E-state index in [0.29, 0.717) is 12.2 Å². The van der Waals surface area contributed by atoms with E-state index in [9.17, 15) is 9.18 Å². The molecule has 0 bridgehead atoms. The molecule has 0 aliphatic heterocycles. The van der Waals surface area contributed by atoms with Crippen LogP contribution in [-0.2, 0) is 7.05 Å². The van der Waals surface area contributed by atoms with Crippen molar-refractivity contribution in [3.8, 4) is 0 Å². The Labute approximate surface area is 162 Å². The van der Waals surface area contributed by atoms with Gasteiger partial charge in [0.15, 0.2) is 0 Å².